The molecule has 0 fully saturated rings. The van der Waals surface area contributed by atoms with Crippen LogP contribution in [0.5, 0.6) is 5.75 Å². The standard InChI is InChI=1S/C17H26FNO2/c1-2-3-4-5-6-7-8-9-12-19-17(21)15-13-14(18)10-11-16(15)20/h10-11,13,20H,2-9,12H2,1H3,(H,19,21). The maximum atomic E-state index is 13.0. The predicted octanol–water partition coefficient (Wildman–Crippen LogP) is 4.40. The molecule has 1 rings (SSSR count). The van der Waals surface area contributed by atoms with Gasteiger partial charge in [-0.05, 0) is 24.6 Å². The lowest BCUT2D eigenvalue weighted by Crippen LogP contribution is -2.24. The van der Waals surface area contributed by atoms with Gasteiger partial charge in [-0.3, -0.25) is 4.79 Å². The van der Waals surface area contributed by atoms with Crippen LogP contribution in [0.25, 0.3) is 0 Å². The summed E-state index contributed by atoms with van der Waals surface area (Å²) in [6.45, 7) is 2.77. The highest BCUT2D eigenvalue weighted by molar-refractivity contribution is 5.96. The van der Waals surface area contributed by atoms with Gasteiger partial charge in [-0.1, -0.05) is 51.9 Å². The van der Waals surface area contributed by atoms with E-state index in [1.54, 1.807) is 0 Å². The van der Waals surface area contributed by atoms with E-state index in [1.807, 2.05) is 0 Å². The van der Waals surface area contributed by atoms with Crippen LogP contribution in [0.4, 0.5) is 4.39 Å². The zero-order valence-corrected chi connectivity index (χ0v) is 12.8. The summed E-state index contributed by atoms with van der Waals surface area (Å²) in [5.74, 6) is -1.13. The number of hydrogen-bond donors (Lipinski definition) is 2. The smallest absolute Gasteiger partial charge is 0.255 e. The van der Waals surface area contributed by atoms with Gasteiger partial charge in [-0.25, -0.2) is 4.39 Å². The molecule has 118 valence electrons. The van der Waals surface area contributed by atoms with E-state index < -0.39 is 11.7 Å². The highest BCUT2D eigenvalue weighted by Crippen LogP contribution is 2.17. The number of phenolic OH excluding ortho intramolecular Hbond substituents is 1. The van der Waals surface area contributed by atoms with E-state index in [0.29, 0.717) is 6.54 Å². The Labute approximate surface area is 126 Å². The van der Waals surface area contributed by atoms with Crippen molar-refractivity contribution in [1.82, 2.24) is 5.32 Å². The van der Waals surface area contributed by atoms with Crippen molar-refractivity contribution < 1.29 is 14.3 Å². The lowest BCUT2D eigenvalue weighted by molar-refractivity contribution is 0.0950. The molecular weight excluding hydrogens is 269 g/mol. The molecule has 2 N–H and O–H groups in total. The molecule has 1 amide bonds. The molecule has 1 aromatic carbocycles. The van der Waals surface area contributed by atoms with Gasteiger partial charge in [0.25, 0.3) is 5.91 Å². The Hall–Kier alpha value is -1.58. The van der Waals surface area contributed by atoms with Gasteiger partial charge in [0, 0.05) is 6.54 Å². The van der Waals surface area contributed by atoms with E-state index in [2.05, 4.69) is 12.2 Å². The Balaban J connectivity index is 2.12. The second-order valence-corrected chi connectivity index (χ2v) is 5.39. The first-order valence-corrected chi connectivity index (χ1v) is 7.92. The van der Waals surface area contributed by atoms with E-state index in [-0.39, 0.29) is 11.3 Å². The summed E-state index contributed by atoms with van der Waals surface area (Å²) in [4.78, 5) is 11.8. The fourth-order valence-corrected chi connectivity index (χ4v) is 2.25. The highest BCUT2D eigenvalue weighted by Gasteiger charge is 2.11. The first-order valence-electron chi connectivity index (χ1n) is 7.92. The maximum Gasteiger partial charge on any atom is 0.255 e. The number of halogens is 1. The minimum Gasteiger partial charge on any atom is -0.507 e. The van der Waals surface area contributed by atoms with E-state index >= 15 is 0 Å². The predicted molar refractivity (Wildman–Crippen MR) is 83.0 cm³/mol. The van der Waals surface area contributed by atoms with Crippen molar-refractivity contribution in [2.45, 2.75) is 58.3 Å². The molecule has 0 unspecified atom stereocenters. The lowest BCUT2D eigenvalue weighted by atomic mass is 10.1. The van der Waals surface area contributed by atoms with Crippen LogP contribution in [-0.2, 0) is 0 Å². The van der Waals surface area contributed by atoms with Crippen LogP contribution >= 0.6 is 0 Å². The molecule has 0 spiro atoms. The molecule has 0 heterocycles. The quantitative estimate of drug-likeness (QED) is 0.628. The Morgan fingerprint density at radius 2 is 1.71 bits per heavy atom. The monoisotopic (exact) mass is 295 g/mol. The van der Waals surface area contributed by atoms with Gasteiger partial charge in [-0.2, -0.15) is 0 Å². The molecule has 0 radical (unpaired) electrons. The summed E-state index contributed by atoms with van der Waals surface area (Å²) in [5, 5.41) is 12.2. The van der Waals surface area contributed by atoms with Gasteiger partial charge in [0.1, 0.15) is 11.6 Å². The maximum absolute atomic E-state index is 13.0. The molecule has 0 saturated heterocycles. The van der Waals surface area contributed by atoms with Crippen LogP contribution in [0.2, 0.25) is 0 Å². The molecule has 1 aromatic rings. The summed E-state index contributed by atoms with van der Waals surface area (Å²) in [6, 6.07) is 3.38. The van der Waals surface area contributed by atoms with Crippen LogP contribution < -0.4 is 5.32 Å². The van der Waals surface area contributed by atoms with Gasteiger partial charge in [-0.15, -0.1) is 0 Å². The topological polar surface area (TPSA) is 49.3 Å². The number of rotatable bonds is 10. The summed E-state index contributed by atoms with van der Waals surface area (Å²) in [6.07, 6.45) is 9.61. The third-order valence-corrected chi connectivity index (χ3v) is 3.52. The van der Waals surface area contributed by atoms with Crippen molar-refractivity contribution in [2.75, 3.05) is 6.54 Å². The Morgan fingerprint density at radius 3 is 2.38 bits per heavy atom. The molecule has 0 bridgehead atoms. The number of unbranched alkanes of at least 4 members (excludes halogenated alkanes) is 7. The summed E-state index contributed by atoms with van der Waals surface area (Å²) < 4.78 is 13.0. The van der Waals surface area contributed by atoms with Gasteiger partial charge in [0.2, 0.25) is 0 Å². The number of nitrogens with one attached hydrogen (secondary N) is 1. The Kier molecular flexibility index (Phi) is 8.48. The number of carbonyl (C=O) groups is 1. The normalized spacial score (nSPS) is 10.6. The molecule has 0 atom stereocenters. The second-order valence-electron chi connectivity index (χ2n) is 5.39. The lowest BCUT2D eigenvalue weighted by Gasteiger charge is -2.07. The Morgan fingerprint density at radius 1 is 1.10 bits per heavy atom. The molecule has 21 heavy (non-hydrogen) atoms. The highest BCUT2D eigenvalue weighted by atomic mass is 19.1. The van der Waals surface area contributed by atoms with E-state index in [0.717, 1.165) is 25.0 Å². The molecular formula is C17H26FNO2. The van der Waals surface area contributed by atoms with E-state index in [4.69, 9.17) is 0 Å². The first-order chi connectivity index (χ1) is 10.1. The van der Waals surface area contributed by atoms with Gasteiger partial charge in [0.15, 0.2) is 0 Å². The minimum atomic E-state index is -0.523. The molecule has 0 aliphatic rings. The van der Waals surface area contributed by atoms with Crippen LogP contribution in [0.15, 0.2) is 18.2 Å². The average molecular weight is 295 g/mol. The SMILES string of the molecule is CCCCCCCCCCNC(=O)c1cc(F)ccc1O. The van der Waals surface area contributed by atoms with Crippen molar-refractivity contribution in [3.05, 3.63) is 29.6 Å². The van der Waals surface area contributed by atoms with Crippen molar-refractivity contribution in [3.8, 4) is 5.75 Å². The summed E-state index contributed by atoms with van der Waals surface area (Å²) >= 11 is 0. The van der Waals surface area contributed by atoms with Crippen LogP contribution in [0.1, 0.15) is 68.6 Å². The van der Waals surface area contributed by atoms with Crippen LogP contribution in [-0.4, -0.2) is 17.6 Å². The summed E-state index contributed by atoms with van der Waals surface area (Å²) in [5.41, 5.74) is -0.00503. The number of phenols is 1. The van der Waals surface area contributed by atoms with Crippen molar-refractivity contribution in [2.24, 2.45) is 0 Å². The average Bonchev–Trinajstić information content (AvgIpc) is 2.48. The van der Waals surface area contributed by atoms with Gasteiger partial charge in [0.05, 0.1) is 5.56 Å². The largest absolute Gasteiger partial charge is 0.507 e. The second kappa shape index (κ2) is 10.2. The molecule has 0 saturated carbocycles. The number of aromatic hydroxyl groups is 1. The fourth-order valence-electron chi connectivity index (χ4n) is 2.25. The molecule has 0 aromatic heterocycles. The summed E-state index contributed by atoms with van der Waals surface area (Å²) in [7, 11) is 0. The van der Waals surface area contributed by atoms with Crippen molar-refractivity contribution >= 4 is 5.91 Å². The zero-order chi connectivity index (χ0) is 15.5. The Bertz CT molecular complexity index is 435. The molecule has 4 heteroatoms. The minimum absolute atomic E-state index is 0.00503. The fraction of sp³-hybridized carbons (Fsp3) is 0.588. The van der Waals surface area contributed by atoms with Gasteiger partial charge >= 0.3 is 0 Å². The zero-order valence-electron chi connectivity index (χ0n) is 12.8. The number of hydrogen-bond acceptors (Lipinski definition) is 2. The number of benzene rings is 1. The van der Waals surface area contributed by atoms with E-state index in [1.165, 1.54) is 44.6 Å². The molecule has 0 aliphatic heterocycles. The third-order valence-electron chi connectivity index (χ3n) is 3.52. The van der Waals surface area contributed by atoms with Crippen molar-refractivity contribution in [3.63, 3.8) is 0 Å². The third kappa shape index (κ3) is 7.11. The van der Waals surface area contributed by atoms with E-state index in [9.17, 15) is 14.3 Å². The van der Waals surface area contributed by atoms with Crippen molar-refractivity contribution in [1.29, 1.82) is 0 Å². The van der Waals surface area contributed by atoms with Crippen LogP contribution in [0, 0.1) is 5.82 Å². The molecule has 3 nitrogen and oxygen atoms in total. The molecule has 0 aliphatic carbocycles. The van der Waals surface area contributed by atoms with Crippen LogP contribution in [0.3, 0.4) is 0 Å². The number of carbonyl (C=O) groups excluding carboxylic acids is 1. The first kappa shape index (κ1) is 17.5. The number of amides is 1. The van der Waals surface area contributed by atoms with Gasteiger partial charge < -0.3 is 10.4 Å².